The zero-order valence-corrected chi connectivity index (χ0v) is 12.3. The Labute approximate surface area is 118 Å². The van der Waals surface area contributed by atoms with E-state index < -0.39 is 15.9 Å². The van der Waals surface area contributed by atoms with Crippen LogP contribution in [0.1, 0.15) is 0 Å². The van der Waals surface area contributed by atoms with Crippen molar-refractivity contribution < 1.29 is 17.9 Å². The number of carbonyl (C=O) groups is 1. The summed E-state index contributed by atoms with van der Waals surface area (Å²) in [5, 5.41) is 2.97. The first-order valence-corrected chi connectivity index (χ1v) is 7.41. The Hall–Kier alpha value is -1.64. The predicted molar refractivity (Wildman–Crippen MR) is 75.8 cm³/mol. The highest BCUT2D eigenvalue weighted by Gasteiger charge is 2.20. The molecule has 0 aliphatic carbocycles. The second-order valence-electron chi connectivity index (χ2n) is 4.23. The maximum absolute atomic E-state index is 12.1. The van der Waals surface area contributed by atoms with Crippen LogP contribution in [0.5, 0.6) is 0 Å². The fourth-order valence-electron chi connectivity index (χ4n) is 1.46. The number of hydrogen-bond acceptors (Lipinski definition) is 5. The number of nitrogens with one attached hydrogen (secondary N) is 1. The minimum Gasteiger partial charge on any atom is -0.382 e. The maximum atomic E-state index is 12.1. The minimum absolute atomic E-state index is 0.153. The van der Waals surface area contributed by atoms with E-state index in [9.17, 15) is 13.2 Å². The molecule has 0 aliphatic rings. The Kier molecular flexibility index (Phi) is 5.93. The molecule has 1 amide bonds. The van der Waals surface area contributed by atoms with Crippen molar-refractivity contribution in [2.24, 2.45) is 5.73 Å². The third-order valence-corrected chi connectivity index (χ3v) is 4.33. The Morgan fingerprint density at radius 2 is 2.00 bits per heavy atom. The average Bonchev–Trinajstić information content (AvgIpc) is 2.38. The normalized spacial score (nSPS) is 11.6. The number of hydrogen-bond donors (Lipinski definition) is 2. The van der Waals surface area contributed by atoms with E-state index in [1.54, 1.807) is 18.2 Å². The quantitative estimate of drug-likeness (QED) is 0.650. The summed E-state index contributed by atoms with van der Waals surface area (Å²) in [5.74, 6) is -0.541. The largest absolute Gasteiger partial charge is 0.382 e. The Balaban J connectivity index is 2.70. The van der Waals surface area contributed by atoms with Gasteiger partial charge in [-0.15, -0.1) is 0 Å². The van der Waals surface area contributed by atoms with Crippen LogP contribution in [0.3, 0.4) is 0 Å². The number of nitrogens with zero attached hydrogens (tertiary/aromatic N) is 1. The molecule has 0 spiro atoms. The molecular weight excluding hydrogens is 282 g/mol. The zero-order valence-electron chi connectivity index (χ0n) is 11.5. The van der Waals surface area contributed by atoms with E-state index in [2.05, 4.69) is 5.32 Å². The number of nitrogens with two attached hydrogens (primary N) is 1. The van der Waals surface area contributed by atoms with Crippen molar-refractivity contribution in [2.45, 2.75) is 4.90 Å². The van der Waals surface area contributed by atoms with E-state index in [-0.39, 0.29) is 18.1 Å². The monoisotopic (exact) mass is 301 g/mol. The van der Waals surface area contributed by atoms with Crippen LogP contribution in [0.2, 0.25) is 0 Å². The number of sulfonamides is 1. The molecule has 8 heteroatoms. The van der Waals surface area contributed by atoms with Crippen molar-refractivity contribution in [2.75, 3.05) is 39.2 Å². The maximum Gasteiger partial charge on any atom is 0.244 e. The van der Waals surface area contributed by atoms with Crippen molar-refractivity contribution in [3.05, 3.63) is 24.3 Å². The van der Waals surface area contributed by atoms with Gasteiger partial charge in [0.2, 0.25) is 15.9 Å². The number of carbonyl (C=O) groups excluding carboxylic acids is 1. The fraction of sp³-hybridized carbons (Fsp3) is 0.417. The smallest absolute Gasteiger partial charge is 0.244 e. The summed E-state index contributed by atoms with van der Waals surface area (Å²) in [5.41, 5.74) is 5.42. The molecule has 0 atom stereocenters. The predicted octanol–water partition coefficient (Wildman–Crippen LogP) is -0.149. The van der Waals surface area contributed by atoms with Crippen molar-refractivity contribution >= 4 is 21.6 Å². The van der Waals surface area contributed by atoms with Gasteiger partial charge in [-0.25, -0.2) is 12.7 Å². The molecule has 0 heterocycles. The lowest BCUT2D eigenvalue weighted by atomic mass is 10.3. The molecule has 1 rings (SSSR count). The van der Waals surface area contributed by atoms with Crippen molar-refractivity contribution in [3.63, 3.8) is 0 Å². The molecule has 0 fully saturated rings. The lowest BCUT2D eigenvalue weighted by Gasteiger charge is -2.16. The second kappa shape index (κ2) is 7.22. The molecule has 0 unspecified atom stereocenters. The molecule has 112 valence electrons. The SMILES string of the molecule is CN(C)S(=O)(=O)c1ccccc1NCCOCC(N)=O. The molecule has 1 aromatic carbocycles. The van der Waals surface area contributed by atoms with Crippen LogP contribution in [0.15, 0.2) is 29.2 Å². The molecule has 0 saturated heterocycles. The standard InChI is InChI=1S/C12H19N3O4S/c1-15(2)20(17,18)11-6-4-3-5-10(11)14-7-8-19-9-12(13)16/h3-6,14H,7-9H2,1-2H3,(H2,13,16). The molecule has 0 saturated carbocycles. The average molecular weight is 301 g/mol. The van der Waals surface area contributed by atoms with Crippen LogP contribution in [-0.2, 0) is 19.6 Å². The molecule has 1 aromatic rings. The minimum atomic E-state index is -3.51. The molecule has 0 aliphatic heterocycles. The number of ether oxygens (including phenoxy) is 1. The highest BCUT2D eigenvalue weighted by Crippen LogP contribution is 2.22. The summed E-state index contributed by atoms with van der Waals surface area (Å²) in [6.45, 7) is 0.464. The summed E-state index contributed by atoms with van der Waals surface area (Å²) >= 11 is 0. The van der Waals surface area contributed by atoms with E-state index in [4.69, 9.17) is 10.5 Å². The first kappa shape index (κ1) is 16.4. The summed E-state index contributed by atoms with van der Waals surface area (Å²) in [7, 11) is -0.559. The number of primary amides is 1. The fourth-order valence-corrected chi connectivity index (χ4v) is 2.53. The summed E-state index contributed by atoms with van der Waals surface area (Å²) in [6.07, 6.45) is 0. The van der Waals surface area contributed by atoms with Gasteiger partial charge >= 0.3 is 0 Å². The van der Waals surface area contributed by atoms with Crippen molar-refractivity contribution in [1.29, 1.82) is 0 Å². The van der Waals surface area contributed by atoms with Crippen LogP contribution in [0.25, 0.3) is 0 Å². The van der Waals surface area contributed by atoms with Crippen LogP contribution < -0.4 is 11.1 Å². The van der Waals surface area contributed by atoms with E-state index in [0.717, 1.165) is 4.31 Å². The van der Waals surface area contributed by atoms with Gasteiger partial charge in [0.05, 0.1) is 12.3 Å². The van der Waals surface area contributed by atoms with Gasteiger partial charge in [0, 0.05) is 20.6 Å². The highest BCUT2D eigenvalue weighted by atomic mass is 32.2. The van der Waals surface area contributed by atoms with Gasteiger partial charge in [-0.3, -0.25) is 4.79 Å². The van der Waals surface area contributed by atoms with E-state index in [1.165, 1.54) is 20.2 Å². The van der Waals surface area contributed by atoms with E-state index in [1.807, 2.05) is 0 Å². The highest BCUT2D eigenvalue weighted by molar-refractivity contribution is 7.89. The van der Waals surface area contributed by atoms with Crippen LogP contribution in [0, 0.1) is 0 Å². The Bertz CT molecular complexity index is 558. The first-order chi connectivity index (χ1) is 9.35. The van der Waals surface area contributed by atoms with Gasteiger partial charge in [0.15, 0.2) is 0 Å². The molecule has 0 bridgehead atoms. The molecule has 0 aromatic heterocycles. The molecule has 20 heavy (non-hydrogen) atoms. The molecule has 7 nitrogen and oxygen atoms in total. The van der Waals surface area contributed by atoms with E-state index >= 15 is 0 Å². The van der Waals surface area contributed by atoms with Crippen molar-refractivity contribution in [1.82, 2.24) is 4.31 Å². The molecular formula is C12H19N3O4S. The second-order valence-corrected chi connectivity index (χ2v) is 6.35. The van der Waals surface area contributed by atoms with Gasteiger partial charge in [0.25, 0.3) is 0 Å². The van der Waals surface area contributed by atoms with E-state index in [0.29, 0.717) is 12.2 Å². The Morgan fingerprint density at radius 3 is 2.60 bits per heavy atom. The van der Waals surface area contributed by atoms with Gasteiger partial charge in [-0.2, -0.15) is 0 Å². The zero-order chi connectivity index (χ0) is 15.2. The summed E-state index contributed by atoms with van der Waals surface area (Å²) in [4.78, 5) is 10.7. The van der Waals surface area contributed by atoms with Crippen molar-refractivity contribution in [3.8, 4) is 0 Å². The number of anilines is 1. The number of para-hydroxylation sites is 1. The third-order valence-electron chi connectivity index (χ3n) is 2.45. The van der Waals surface area contributed by atoms with Crippen LogP contribution >= 0.6 is 0 Å². The first-order valence-electron chi connectivity index (χ1n) is 5.97. The lowest BCUT2D eigenvalue weighted by molar-refractivity contribution is -0.122. The lowest BCUT2D eigenvalue weighted by Crippen LogP contribution is -2.24. The van der Waals surface area contributed by atoms with Crippen LogP contribution in [0.4, 0.5) is 5.69 Å². The molecule has 3 N–H and O–H groups in total. The summed E-state index contributed by atoms with van der Waals surface area (Å²) in [6, 6.07) is 6.60. The molecule has 0 radical (unpaired) electrons. The number of benzene rings is 1. The van der Waals surface area contributed by atoms with Gasteiger partial charge in [-0.05, 0) is 12.1 Å². The number of rotatable bonds is 8. The third kappa shape index (κ3) is 4.48. The van der Waals surface area contributed by atoms with Gasteiger partial charge < -0.3 is 15.8 Å². The van der Waals surface area contributed by atoms with Gasteiger partial charge in [0.1, 0.15) is 11.5 Å². The van der Waals surface area contributed by atoms with Crippen LogP contribution in [-0.4, -0.2) is 52.5 Å². The topological polar surface area (TPSA) is 102 Å². The summed E-state index contributed by atoms with van der Waals surface area (Å²) < 4.78 is 30.4. The Morgan fingerprint density at radius 1 is 1.35 bits per heavy atom. The number of amides is 1. The van der Waals surface area contributed by atoms with Gasteiger partial charge in [-0.1, -0.05) is 12.1 Å².